The van der Waals surface area contributed by atoms with Crippen molar-refractivity contribution in [2.75, 3.05) is 13.1 Å². The third-order valence-corrected chi connectivity index (χ3v) is 5.50. The van der Waals surface area contributed by atoms with E-state index in [4.69, 9.17) is 0 Å². The van der Waals surface area contributed by atoms with Crippen molar-refractivity contribution in [1.82, 2.24) is 14.5 Å². The molecule has 1 aliphatic heterocycles. The topological polar surface area (TPSA) is 38.1 Å². The van der Waals surface area contributed by atoms with Gasteiger partial charge in [-0.3, -0.25) is 4.79 Å². The predicted octanol–water partition coefficient (Wildman–Crippen LogP) is 3.10. The van der Waals surface area contributed by atoms with Crippen LogP contribution in [0.1, 0.15) is 25.6 Å². The number of carbonyl (C=O) groups excluding carboxylic acids is 1. The summed E-state index contributed by atoms with van der Waals surface area (Å²) < 4.78 is 27.2. The first kappa shape index (κ1) is 15.5. The van der Waals surface area contributed by atoms with Crippen LogP contribution in [0.3, 0.4) is 0 Å². The zero-order chi connectivity index (χ0) is 16.9. The number of halogens is 2. The molecule has 1 aliphatic carbocycles. The van der Waals surface area contributed by atoms with Crippen LogP contribution < -0.4 is 0 Å². The van der Waals surface area contributed by atoms with Crippen LogP contribution in [-0.4, -0.2) is 39.9 Å². The van der Waals surface area contributed by atoms with Gasteiger partial charge in [0.05, 0.1) is 11.0 Å². The quantitative estimate of drug-likeness (QED) is 0.862. The summed E-state index contributed by atoms with van der Waals surface area (Å²) in [7, 11) is 0. The highest BCUT2D eigenvalue weighted by atomic mass is 19.3. The number of alkyl halides is 2. The van der Waals surface area contributed by atoms with Gasteiger partial charge < -0.3 is 9.47 Å². The van der Waals surface area contributed by atoms with Gasteiger partial charge in [-0.05, 0) is 25.0 Å². The van der Waals surface area contributed by atoms with Crippen molar-refractivity contribution in [3.8, 4) is 0 Å². The number of aromatic nitrogens is 2. The van der Waals surface area contributed by atoms with Crippen LogP contribution in [0.15, 0.2) is 24.3 Å². The van der Waals surface area contributed by atoms with Crippen molar-refractivity contribution in [2.24, 2.45) is 11.3 Å². The Kier molecular flexibility index (Phi) is 3.58. The third-order valence-electron chi connectivity index (χ3n) is 5.50. The number of imidazole rings is 1. The Balaban J connectivity index is 1.43. The Bertz CT molecular complexity index is 772. The Morgan fingerprint density at radius 3 is 2.71 bits per heavy atom. The van der Waals surface area contributed by atoms with Gasteiger partial charge in [0.25, 0.3) is 0 Å². The van der Waals surface area contributed by atoms with Crippen molar-refractivity contribution in [3.05, 3.63) is 30.1 Å². The number of nitrogens with zero attached hydrogens (tertiary/aromatic N) is 3. The van der Waals surface area contributed by atoms with E-state index in [9.17, 15) is 13.6 Å². The third kappa shape index (κ3) is 2.39. The SMILES string of the molecule is CCc1nc2ccccc2n1CC(=O)N1CC2(CC(C(F)F)C2)C1. The molecule has 0 bridgehead atoms. The fraction of sp³-hybridized carbons (Fsp3) is 0.556. The molecule has 0 unspecified atom stereocenters. The average molecular weight is 333 g/mol. The largest absolute Gasteiger partial charge is 0.340 e. The fourth-order valence-electron chi connectivity index (χ4n) is 4.24. The molecule has 4 rings (SSSR count). The monoisotopic (exact) mass is 333 g/mol. The summed E-state index contributed by atoms with van der Waals surface area (Å²) in [5.41, 5.74) is 1.85. The molecule has 0 radical (unpaired) electrons. The number of benzene rings is 1. The Hall–Kier alpha value is -1.98. The molecule has 6 heteroatoms. The van der Waals surface area contributed by atoms with Gasteiger partial charge in [-0.15, -0.1) is 0 Å². The minimum atomic E-state index is -2.22. The minimum absolute atomic E-state index is 0.0264. The van der Waals surface area contributed by atoms with Crippen molar-refractivity contribution in [3.63, 3.8) is 0 Å². The molecule has 1 amide bonds. The van der Waals surface area contributed by atoms with Gasteiger partial charge >= 0.3 is 0 Å². The Morgan fingerprint density at radius 1 is 1.33 bits per heavy atom. The number of amides is 1. The molecule has 1 aromatic heterocycles. The van der Waals surface area contributed by atoms with E-state index in [1.165, 1.54) is 0 Å². The van der Waals surface area contributed by atoms with Crippen LogP contribution >= 0.6 is 0 Å². The summed E-state index contributed by atoms with van der Waals surface area (Å²) in [6.07, 6.45) is -0.336. The van der Waals surface area contributed by atoms with E-state index in [1.807, 2.05) is 35.8 Å². The Morgan fingerprint density at radius 2 is 2.04 bits per heavy atom. The maximum absolute atomic E-state index is 12.6. The van der Waals surface area contributed by atoms with Gasteiger partial charge in [-0.25, -0.2) is 13.8 Å². The van der Waals surface area contributed by atoms with Crippen LogP contribution in [0.5, 0.6) is 0 Å². The number of fused-ring (bicyclic) bond motifs is 1. The first-order valence-corrected chi connectivity index (χ1v) is 8.51. The first-order valence-electron chi connectivity index (χ1n) is 8.51. The standard InChI is InChI=1S/C18H21F2N3O/c1-2-15-21-13-5-3-4-6-14(13)23(15)9-16(24)22-10-18(11-22)7-12(8-18)17(19)20/h3-6,12,17H,2,7-11H2,1H3. The number of hydrogen-bond acceptors (Lipinski definition) is 2. The van der Waals surface area contributed by atoms with Crippen LogP contribution in [-0.2, 0) is 17.8 Å². The molecule has 1 saturated carbocycles. The molecular weight excluding hydrogens is 312 g/mol. The maximum Gasteiger partial charge on any atom is 0.242 e. The summed E-state index contributed by atoms with van der Waals surface area (Å²) >= 11 is 0. The number of hydrogen-bond donors (Lipinski definition) is 0. The van der Waals surface area contributed by atoms with E-state index in [2.05, 4.69) is 4.98 Å². The molecule has 24 heavy (non-hydrogen) atoms. The second kappa shape index (κ2) is 5.53. The minimum Gasteiger partial charge on any atom is -0.340 e. The number of rotatable bonds is 4. The summed E-state index contributed by atoms with van der Waals surface area (Å²) in [4.78, 5) is 19.0. The van der Waals surface area contributed by atoms with Gasteiger partial charge in [-0.1, -0.05) is 19.1 Å². The van der Waals surface area contributed by atoms with Gasteiger partial charge in [0.1, 0.15) is 12.4 Å². The summed E-state index contributed by atoms with van der Waals surface area (Å²) in [6, 6.07) is 7.82. The summed E-state index contributed by atoms with van der Waals surface area (Å²) in [5, 5.41) is 0. The maximum atomic E-state index is 12.6. The lowest BCUT2D eigenvalue weighted by Crippen LogP contribution is -2.64. The zero-order valence-electron chi connectivity index (χ0n) is 13.7. The fourth-order valence-corrected chi connectivity index (χ4v) is 4.24. The lowest BCUT2D eigenvalue weighted by atomic mass is 9.58. The zero-order valence-corrected chi connectivity index (χ0v) is 13.7. The van der Waals surface area contributed by atoms with Crippen LogP contribution in [0.25, 0.3) is 11.0 Å². The molecule has 1 saturated heterocycles. The van der Waals surface area contributed by atoms with E-state index in [0.717, 1.165) is 23.3 Å². The van der Waals surface area contributed by atoms with Crippen LogP contribution in [0, 0.1) is 11.3 Å². The average Bonchev–Trinajstić information content (AvgIpc) is 2.82. The molecule has 2 aliphatic rings. The molecule has 2 heterocycles. The van der Waals surface area contributed by atoms with Gasteiger partial charge in [0.2, 0.25) is 12.3 Å². The van der Waals surface area contributed by atoms with Crippen molar-refractivity contribution in [2.45, 2.75) is 39.2 Å². The first-order chi connectivity index (χ1) is 11.5. The number of para-hydroxylation sites is 2. The number of aryl methyl sites for hydroxylation is 1. The Labute approximate surface area is 139 Å². The smallest absolute Gasteiger partial charge is 0.242 e. The van der Waals surface area contributed by atoms with E-state index < -0.39 is 12.3 Å². The van der Waals surface area contributed by atoms with Gasteiger partial charge in [-0.2, -0.15) is 0 Å². The molecule has 1 spiro atoms. The second-order valence-electron chi connectivity index (χ2n) is 7.21. The van der Waals surface area contributed by atoms with Crippen LogP contribution in [0.2, 0.25) is 0 Å². The van der Waals surface area contributed by atoms with Crippen molar-refractivity contribution < 1.29 is 13.6 Å². The van der Waals surface area contributed by atoms with Crippen LogP contribution in [0.4, 0.5) is 8.78 Å². The molecule has 0 N–H and O–H groups in total. The normalized spacial score (nSPS) is 19.8. The highest BCUT2D eigenvalue weighted by molar-refractivity contribution is 5.81. The van der Waals surface area contributed by atoms with E-state index in [1.54, 1.807) is 4.90 Å². The van der Waals surface area contributed by atoms with E-state index in [-0.39, 0.29) is 17.9 Å². The predicted molar refractivity (Wildman–Crippen MR) is 86.9 cm³/mol. The molecule has 0 atom stereocenters. The lowest BCUT2D eigenvalue weighted by molar-refractivity contribution is -0.164. The molecule has 2 aromatic rings. The molecule has 2 fully saturated rings. The van der Waals surface area contributed by atoms with E-state index in [0.29, 0.717) is 25.9 Å². The molecular formula is C18H21F2N3O. The second-order valence-corrected chi connectivity index (χ2v) is 7.21. The molecule has 1 aromatic carbocycles. The summed E-state index contributed by atoms with van der Waals surface area (Å²) in [6.45, 7) is 3.56. The number of likely N-dealkylation sites (tertiary alicyclic amines) is 1. The molecule has 128 valence electrons. The summed E-state index contributed by atoms with van der Waals surface area (Å²) in [5.74, 6) is 0.492. The van der Waals surface area contributed by atoms with Gasteiger partial charge in [0, 0.05) is 30.8 Å². The van der Waals surface area contributed by atoms with Crippen molar-refractivity contribution in [1.29, 1.82) is 0 Å². The lowest BCUT2D eigenvalue weighted by Gasteiger charge is -2.58. The highest BCUT2D eigenvalue weighted by Crippen LogP contribution is 2.53. The van der Waals surface area contributed by atoms with Crippen molar-refractivity contribution >= 4 is 16.9 Å². The number of carbonyl (C=O) groups is 1. The highest BCUT2D eigenvalue weighted by Gasteiger charge is 2.55. The molecule has 4 nitrogen and oxygen atoms in total. The van der Waals surface area contributed by atoms with E-state index >= 15 is 0 Å². The van der Waals surface area contributed by atoms with Gasteiger partial charge in [0.15, 0.2) is 0 Å².